The van der Waals surface area contributed by atoms with E-state index in [-0.39, 0.29) is 10.1 Å². The Morgan fingerprint density at radius 2 is 1.29 bits per heavy atom. The maximum Gasteiger partial charge on any atom is 0.466 e. The van der Waals surface area contributed by atoms with Crippen LogP contribution in [-0.4, -0.2) is 88.5 Å². The van der Waals surface area contributed by atoms with Crippen molar-refractivity contribution in [3.8, 4) is 0 Å². The molecule has 25 heteroatoms. The van der Waals surface area contributed by atoms with E-state index >= 15 is 0 Å². The van der Waals surface area contributed by atoms with Crippen LogP contribution in [0.25, 0.3) is 0 Å². The Labute approximate surface area is 190 Å². The molecule has 0 aliphatic carbocycles. The average Bonchev–Trinajstić information content (AvgIpc) is 2.74. The molecule has 1 aromatic heterocycles. The Hall–Kier alpha value is -1.32. The van der Waals surface area contributed by atoms with Crippen LogP contribution in [-0.2, 0) is 24.4 Å². The number of H-pyrrole nitrogens is 1. The van der Waals surface area contributed by atoms with E-state index in [1.54, 1.807) is 4.98 Å². The minimum Gasteiger partial charge on any atom is -0.394 e. The number of nitrogens with zero attached hydrogens (tertiary/aromatic N) is 1. The third kappa shape index (κ3) is 14.1. The number of aliphatic hydroxyl groups excluding tert-OH is 2. The Balaban J connectivity index is 0. The molecule has 208 valence electrons. The van der Waals surface area contributed by atoms with Crippen molar-refractivity contribution in [2.24, 2.45) is 0 Å². The molecule has 0 spiro atoms. The standard InChI is InChI=1S/C10H11F3N2O5.3H3O4P/c1-4-2-15(8(19)14-7(4)18)10(13)9(11,12)6(17)5(3-16)20-10;3*1-5(2,3)4/h2,5-6,16-17H,3H2,1H3,(H,14,18,19);3*(H3,1,2,3,4)/t5-,6-,10+;;;/m1.../s1. The first-order chi connectivity index (χ1) is 15.1. The molecule has 1 saturated heterocycles. The van der Waals surface area contributed by atoms with Crippen molar-refractivity contribution in [2.45, 2.75) is 31.0 Å². The summed E-state index contributed by atoms with van der Waals surface area (Å²) in [4.78, 5) is 89.0. The van der Waals surface area contributed by atoms with Gasteiger partial charge in [0.25, 0.3) is 5.56 Å². The molecule has 0 aromatic carbocycles. The van der Waals surface area contributed by atoms with Crippen LogP contribution >= 0.6 is 23.5 Å². The van der Waals surface area contributed by atoms with Gasteiger partial charge in [0, 0.05) is 11.8 Å². The van der Waals surface area contributed by atoms with Gasteiger partial charge >= 0.3 is 41.1 Å². The highest BCUT2D eigenvalue weighted by Crippen LogP contribution is 2.48. The number of aromatic amines is 1. The third-order valence-corrected chi connectivity index (χ3v) is 3.05. The van der Waals surface area contributed by atoms with Crippen LogP contribution in [0.3, 0.4) is 0 Å². The van der Waals surface area contributed by atoms with E-state index < -0.39 is 65.4 Å². The smallest absolute Gasteiger partial charge is 0.394 e. The summed E-state index contributed by atoms with van der Waals surface area (Å²) in [5.41, 5.74) is -2.54. The maximum atomic E-state index is 14.5. The Bertz CT molecular complexity index is 1020. The number of alkyl halides is 3. The van der Waals surface area contributed by atoms with Crippen LogP contribution in [0.15, 0.2) is 15.8 Å². The van der Waals surface area contributed by atoms with Gasteiger partial charge in [0.15, 0.2) is 6.10 Å². The molecule has 0 bridgehead atoms. The molecule has 0 unspecified atom stereocenters. The van der Waals surface area contributed by atoms with Gasteiger partial charge < -0.3 is 59.0 Å². The molecule has 2 heterocycles. The summed E-state index contributed by atoms with van der Waals surface area (Å²) in [5, 5.41) is 18.1. The lowest BCUT2D eigenvalue weighted by molar-refractivity contribution is -0.297. The molecule has 0 radical (unpaired) electrons. The molecule has 35 heavy (non-hydrogen) atoms. The molecule has 0 saturated carbocycles. The Kier molecular flexibility index (Phi) is 13.1. The van der Waals surface area contributed by atoms with Gasteiger partial charge in [-0.1, -0.05) is 0 Å². The minimum atomic E-state index is -4.64. The zero-order valence-corrected chi connectivity index (χ0v) is 19.4. The average molecular weight is 590 g/mol. The SMILES string of the molecule is Cc1cn([C@]2(F)O[C@H](CO)[C@@H](O)C2(F)F)c(=O)[nH]c1=O.O=P(O)(O)O.O=P(O)(O)O.O=P(O)(O)O. The number of halogens is 3. The fourth-order valence-corrected chi connectivity index (χ4v) is 1.89. The number of ether oxygens (including phenoxy) is 1. The molecule has 1 fully saturated rings. The zero-order valence-electron chi connectivity index (χ0n) is 16.7. The van der Waals surface area contributed by atoms with Crippen molar-refractivity contribution < 1.29 is 85.9 Å². The van der Waals surface area contributed by atoms with Gasteiger partial charge in [-0.3, -0.25) is 9.78 Å². The number of aliphatic hydroxyl groups is 2. The van der Waals surface area contributed by atoms with Crippen molar-refractivity contribution in [3.63, 3.8) is 0 Å². The highest BCUT2D eigenvalue weighted by atomic mass is 31.2. The summed E-state index contributed by atoms with van der Waals surface area (Å²) in [6, 6.07) is 0. The maximum absolute atomic E-state index is 14.5. The van der Waals surface area contributed by atoms with Crippen molar-refractivity contribution in [2.75, 3.05) is 6.61 Å². The quantitative estimate of drug-likeness (QED) is 0.146. The summed E-state index contributed by atoms with van der Waals surface area (Å²) in [6.45, 7) is 0.102. The molecule has 19 nitrogen and oxygen atoms in total. The van der Waals surface area contributed by atoms with Gasteiger partial charge in [-0.15, -0.1) is 0 Å². The van der Waals surface area contributed by atoms with Crippen LogP contribution in [0.4, 0.5) is 13.2 Å². The third-order valence-electron chi connectivity index (χ3n) is 3.05. The van der Waals surface area contributed by atoms with Crippen molar-refractivity contribution in [1.82, 2.24) is 9.55 Å². The molecule has 0 amide bonds. The Morgan fingerprint density at radius 3 is 1.57 bits per heavy atom. The van der Waals surface area contributed by atoms with Crippen molar-refractivity contribution >= 4 is 23.5 Å². The summed E-state index contributed by atoms with van der Waals surface area (Å²) >= 11 is 0. The fraction of sp³-hybridized carbons (Fsp3) is 0.600. The largest absolute Gasteiger partial charge is 0.466 e. The highest BCUT2D eigenvalue weighted by Gasteiger charge is 2.71. The van der Waals surface area contributed by atoms with Crippen molar-refractivity contribution in [3.05, 3.63) is 32.6 Å². The summed E-state index contributed by atoms with van der Waals surface area (Å²) in [7, 11) is -13.9. The second-order valence-electron chi connectivity index (χ2n) is 5.95. The van der Waals surface area contributed by atoms with E-state index in [0.29, 0.717) is 6.20 Å². The van der Waals surface area contributed by atoms with E-state index in [4.69, 9.17) is 62.8 Å². The minimum absolute atomic E-state index is 0.150. The van der Waals surface area contributed by atoms with Gasteiger partial charge in [0.1, 0.15) is 6.10 Å². The lowest BCUT2D eigenvalue weighted by atomic mass is 10.1. The highest BCUT2D eigenvalue weighted by molar-refractivity contribution is 7.45. The molecule has 1 aliphatic rings. The van der Waals surface area contributed by atoms with Gasteiger partial charge in [-0.2, -0.15) is 13.2 Å². The first kappa shape index (κ1) is 35.8. The van der Waals surface area contributed by atoms with E-state index in [0.717, 1.165) is 0 Å². The number of nitrogens with one attached hydrogen (secondary N) is 1. The predicted molar refractivity (Wildman–Crippen MR) is 101 cm³/mol. The Morgan fingerprint density at radius 1 is 0.943 bits per heavy atom. The molecule has 1 aliphatic heterocycles. The lowest BCUT2D eigenvalue weighted by Crippen LogP contribution is -2.53. The monoisotopic (exact) mass is 590 g/mol. The predicted octanol–water partition coefficient (Wildman–Crippen LogP) is -3.97. The lowest BCUT2D eigenvalue weighted by Gasteiger charge is -2.27. The fourth-order valence-electron chi connectivity index (χ4n) is 1.89. The topological polar surface area (TPSA) is 338 Å². The number of hydrogen-bond donors (Lipinski definition) is 12. The van der Waals surface area contributed by atoms with Gasteiger partial charge in [0.2, 0.25) is 0 Å². The van der Waals surface area contributed by atoms with Crippen LogP contribution < -0.4 is 11.2 Å². The molecular formula is C10H20F3N2O17P3. The second kappa shape index (κ2) is 12.8. The van der Waals surface area contributed by atoms with E-state index in [9.17, 15) is 27.9 Å². The normalized spacial score (nSPS) is 23.6. The first-order valence-electron chi connectivity index (χ1n) is 7.86. The number of phosphoric acid groups is 3. The molecule has 3 atom stereocenters. The van der Waals surface area contributed by atoms with E-state index in [1.165, 1.54) is 6.92 Å². The molecule has 2 rings (SSSR count). The molecule has 12 N–H and O–H groups in total. The summed E-state index contributed by atoms with van der Waals surface area (Å²) < 4.78 is 72.9. The molecular weight excluding hydrogens is 570 g/mol. The summed E-state index contributed by atoms with van der Waals surface area (Å²) in [5.74, 6) is -8.50. The van der Waals surface area contributed by atoms with Crippen LogP contribution in [0.1, 0.15) is 5.56 Å². The number of hydrogen-bond acceptors (Lipinski definition) is 8. The number of rotatable bonds is 2. The summed E-state index contributed by atoms with van der Waals surface area (Å²) in [6.07, 6.45) is -3.99. The van der Waals surface area contributed by atoms with E-state index in [2.05, 4.69) is 4.74 Å². The molecule has 1 aromatic rings. The van der Waals surface area contributed by atoms with Crippen LogP contribution in [0.5, 0.6) is 0 Å². The van der Waals surface area contributed by atoms with Gasteiger partial charge in [-0.05, 0) is 6.92 Å². The van der Waals surface area contributed by atoms with Gasteiger partial charge in [0.05, 0.1) is 6.61 Å². The van der Waals surface area contributed by atoms with Crippen molar-refractivity contribution in [1.29, 1.82) is 0 Å². The number of aromatic nitrogens is 2. The second-order valence-corrected chi connectivity index (χ2v) is 9.03. The van der Waals surface area contributed by atoms with Gasteiger partial charge in [-0.25, -0.2) is 23.1 Å². The first-order valence-corrected chi connectivity index (χ1v) is 12.6. The van der Waals surface area contributed by atoms with E-state index in [1.807, 2.05) is 0 Å². The zero-order chi connectivity index (χ0) is 28.8. The number of aryl methyl sites for hydroxylation is 1. The van der Waals surface area contributed by atoms with Crippen LogP contribution in [0.2, 0.25) is 0 Å². The van der Waals surface area contributed by atoms with Crippen LogP contribution in [0, 0.1) is 6.92 Å².